The molecule has 3 aliphatic rings. The zero-order valence-electron chi connectivity index (χ0n) is 30.3. The molecule has 3 amide bonds. The number of fused-ring (bicyclic) bond motifs is 2. The lowest BCUT2D eigenvalue weighted by molar-refractivity contribution is -0.134. The fourth-order valence-electron chi connectivity index (χ4n) is 7.16. The van der Waals surface area contributed by atoms with Crippen molar-refractivity contribution in [3.05, 3.63) is 99.9 Å². The van der Waals surface area contributed by atoms with Gasteiger partial charge in [0.2, 0.25) is 17.6 Å². The van der Waals surface area contributed by atoms with Gasteiger partial charge in [0.15, 0.2) is 17.4 Å². The second kappa shape index (κ2) is 16.9. The molecule has 3 aromatic rings. The molecule has 9 nitrogen and oxygen atoms in total. The maximum absolute atomic E-state index is 14.7. The molecule has 2 fully saturated rings. The van der Waals surface area contributed by atoms with Gasteiger partial charge in [-0.1, -0.05) is 30.3 Å². The molecular weight excluding hydrogens is 685 g/mol. The van der Waals surface area contributed by atoms with Gasteiger partial charge in [0.25, 0.3) is 5.91 Å². The lowest BCUT2D eigenvalue weighted by Crippen LogP contribution is -2.62. The summed E-state index contributed by atoms with van der Waals surface area (Å²) >= 11 is 0. The van der Waals surface area contributed by atoms with Gasteiger partial charge in [0.05, 0.1) is 19.2 Å². The van der Waals surface area contributed by atoms with Gasteiger partial charge in [0, 0.05) is 43.6 Å². The van der Waals surface area contributed by atoms with E-state index in [1.54, 1.807) is 4.90 Å². The summed E-state index contributed by atoms with van der Waals surface area (Å²) in [6, 6.07) is 15.1. The van der Waals surface area contributed by atoms with Crippen LogP contribution in [0.4, 0.5) is 13.2 Å². The van der Waals surface area contributed by atoms with Crippen LogP contribution >= 0.6 is 0 Å². The van der Waals surface area contributed by atoms with Crippen LogP contribution in [-0.2, 0) is 20.8 Å². The first-order chi connectivity index (χ1) is 25.5. The van der Waals surface area contributed by atoms with Crippen LogP contribution in [0, 0.1) is 31.3 Å². The Hall–Kier alpha value is -4.84. The zero-order valence-corrected chi connectivity index (χ0v) is 30.3. The van der Waals surface area contributed by atoms with Crippen LogP contribution in [0.5, 0.6) is 11.5 Å². The molecule has 1 saturated heterocycles. The van der Waals surface area contributed by atoms with Crippen molar-refractivity contribution in [2.45, 2.75) is 83.3 Å². The largest absolute Gasteiger partial charge is 0.492 e. The Labute approximate surface area is 308 Å². The lowest BCUT2D eigenvalue weighted by Gasteiger charge is -2.45. The number of piperazine rings is 1. The van der Waals surface area contributed by atoms with Crippen LogP contribution in [0.1, 0.15) is 67.2 Å². The van der Waals surface area contributed by atoms with Crippen LogP contribution < -0.4 is 20.5 Å². The van der Waals surface area contributed by atoms with Crippen molar-refractivity contribution < 1.29 is 37.0 Å². The number of halogens is 3. The topological polar surface area (TPSA) is 114 Å². The van der Waals surface area contributed by atoms with Crippen molar-refractivity contribution in [2.24, 2.45) is 5.73 Å². The molecule has 3 N–H and O–H groups in total. The average molecular weight is 733 g/mol. The SMILES string of the molecule is Cc1ccc(OCCN(C(=O)C2=C(c3ccc(CCCOc4c(F)ccc(F)c4F)cc3)CC3CN(C(=O)CCCC(N)=O)CC2N3)C2CC2)cc1C. The number of hydrogen-bond donors (Lipinski definition) is 2. The summed E-state index contributed by atoms with van der Waals surface area (Å²) in [5.41, 5.74) is 11.1. The molecule has 0 aromatic heterocycles. The summed E-state index contributed by atoms with van der Waals surface area (Å²) in [6.45, 7) is 5.67. The van der Waals surface area contributed by atoms with Gasteiger partial charge in [-0.05, 0) is 104 Å². The Morgan fingerprint density at radius 2 is 1.64 bits per heavy atom. The summed E-state index contributed by atoms with van der Waals surface area (Å²) in [6.07, 6.45) is 4.11. The number of nitrogens with two attached hydrogens (primary N) is 1. The number of hydrogen-bond acceptors (Lipinski definition) is 6. The van der Waals surface area contributed by atoms with E-state index in [1.807, 2.05) is 61.2 Å². The van der Waals surface area contributed by atoms with Crippen LogP contribution in [-0.4, -0.2) is 78.5 Å². The molecule has 282 valence electrons. The Morgan fingerprint density at radius 1 is 0.887 bits per heavy atom. The predicted molar refractivity (Wildman–Crippen MR) is 195 cm³/mol. The van der Waals surface area contributed by atoms with Crippen molar-refractivity contribution in [2.75, 3.05) is 32.8 Å². The average Bonchev–Trinajstić information content (AvgIpc) is 3.98. The minimum Gasteiger partial charge on any atom is -0.492 e. The maximum atomic E-state index is 14.7. The maximum Gasteiger partial charge on any atom is 0.252 e. The highest BCUT2D eigenvalue weighted by atomic mass is 19.2. The molecule has 6 rings (SSSR count). The first-order valence-corrected chi connectivity index (χ1v) is 18.4. The van der Waals surface area contributed by atoms with Crippen LogP contribution in [0.3, 0.4) is 0 Å². The van der Waals surface area contributed by atoms with E-state index in [9.17, 15) is 27.6 Å². The van der Waals surface area contributed by atoms with Crippen molar-refractivity contribution in [3.8, 4) is 11.5 Å². The van der Waals surface area contributed by atoms with E-state index in [-0.39, 0.29) is 49.4 Å². The molecule has 2 heterocycles. The van der Waals surface area contributed by atoms with Gasteiger partial charge in [-0.2, -0.15) is 4.39 Å². The van der Waals surface area contributed by atoms with Gasteiger partial charge in [-0.25, -0.2) is 8.78 Å². The van der Waals surface area contributed by atoms with Crippen LogP contribution in [0.15, 0.2) is 60.2 Å². The quantitative estimate of drug-likeness (QED) is 0.143. The standard InChI is InChI=1S/C41H47F3N4O5/c1-25-8-15-31(21-26(25)2)52-20-18-48(30-13-14-30)41(51)38-32(22-29-23-47(24-35(38)46-29)37(50)7-3-6-36(45)49)28-11-9-27(10-12-28)5-4-19-53-40-34(43)17-16-33(42)39(40)44/h8-12,15-17,21,29-30,35,46H,3-7,13-14,18-20,22-24H2,1-2H3,(H2,45,49). The molecule has 2 atom stereocenters. The Balaban J connectivity index is 1.19. The molecule has 12 heteroatoms. The molecule has 0 spiro atoms. The normalized spacial score (nSPS) is 18.2. The molecule has 1 saturated carbocycles. The number of aryl methyl sites for hydroxylation is 3. The summed E-state index contributed by atoms with van der Waals surface area (Å²) in [5.74, 6) is -3.99. The molecule has 3 aromatic carbocycles. The first-order valence-electron chi connectivity index (χ1n) is 18.4. The van der Waals surface area contributed by atoms with Gasteiger partial charge in [0.1, 0.15) is 12.4 Å². The fourth-order valence-corrected chi connectivity index (χ4v) is 7.16. The predicted octanol–water partition coefficient (Wildman–Crippen LogP) is 5.78. The number of nitrogens with zero attached hydrogens (tertiary/aromatic N) is 2. The highest BCUT2D eigenvalue weighted by Crippen LogP contribution is 2.37. The number of nitrogens with one attached hydrogen (secondary N) is 1. The second-order valence-electron chi connectivity index (χ2n) is 14.3. The number of carbonyl (C=O) groups excluding carboxylic acids is 3. The molecule has 1 aliphatic carbocycles. The summed E-state index contributed by atoms with van der Waals surface area (Å²) in [7, 11) is 0. The molecular formula is C41H47F3N4O5. The number of primary amides is 1. The van der Waals surface area contributed by atoms with Crippen molar-refractivity contribution >= 4 is 23.3 Å². The van der Waals surface area contributed by atoms with Crippen LogP contribution in [0.2, 0.25) is 0 Å². The van der Waals surface area contributed by atoms with E-state index in [0.717, 1.165) is 53.0 Å². The zero-order chi connectivity index (χ0) is 37.6. The smallest absolute Gasteiger partial charge is 0.252 e. The third kappa shape index (κ3) is 9.40. The van der Waals surface area contributed by atoms with Crippen molar-refractivity contribution in [1.82, 2.24) is 15.1 Å². The number of rotatable bonds is 16. The first kappa shape index (κ1) is 37.9. The molecule has 53 heavy (non-hydrogen) atoms. The second-order valence-corrected chi connectivity index (χ2v) is 14.3. The number of carbonyl (C=O) groups is 3. The van der Waals surface area contributed by atoms with Gasteiger partial charge >= 0.3 is 0 Å². The van der Waals surface area contributed by atoms with E-state index >= 15 is 0 Å². The molecule has 0 radical (unpaired) electrons. The van der Waals surface area contributed by atoms with Gasteiger partial charge < -0.3 is 30.3 Å². The van der Waals surface area contributed by atoms with Crippen molar-refractivity contribution in [1.29, 1.82) is 0 Å². The summed E-state index contributed by atoms with van der Waals surface area (Å²) in [5, 5.41) is 3.63. The van der Waals surface area contributed by atoms with E-state index in [4.69, 9.17) is 15.2 Å². The van der Waals surface area contributed by atoms with Crippen molar-refractivity contribution in [3.63, 3.8) is 0 Å². The lowest BCUT2D eigenvalue weighted by atomic mass is 9.82. The van der Waals surface area contributed by atoms with E-state index < -0.39 is 29.1 Å². The third-order valence-corrected chi connectivity index (χ3v) is 10.3. The summed E-state index contributed by atoms with van der Waals surface area (Å²) < 4.78 is 52.8. The van der Waals surface area contributed by atoms with Gasteiger partial charge in [-0.15, -0.1) is 0 Å². The minimum absolute atomic E-state index is 0.000136. The fraction of sp³-hybridized carbons (Fsp3) is 0.439. The highest BCUT2D eigenvalue weighted by molar-refractivity contribution is 6.03. The summed E-state index contributed by atoms with van der Waals surface area (Å²) in [4.78, 5) is 42.9. The number of ether oxygens (including phenoxy) is 2. The number of benzene rings is 3. The van der Waals surface area contributed by atoms with E-state index in [2.05, 4.69) is 5.32 Å². The third-order valence-electron chi connectivity index (χ3n) is 10.3. The van der Waals surface area contributed by atoms with Gasteiger partial charge in [-0.3, -0.25) is 14.4 Å². The van der Waals surface area contributed by atoms with Crippen LogP contribution in [0.25, 0.3) is 5.57 Å². The Bertz CT molecular complexity index is 1860. The van der Waals surface area contributed by atoms with E-state index in [1.165, 1.54) is 5.56 Å². The molecule has 2 aliphatic heterocycles. The molecule has 2 bridgehead atoms. The van der Waals surface area contributed by atoms with E-state index in [0.29, 0.717) is 57.5 Å². The highest BCUT2D eigenvalue weighted by Gasteiger charge is 2.43. The minimum atomic E-state index is -1.34. The number of amides is 3. The Morgan fingerprint density at radius 3 is 2.36 bits per heavy atom. The molecule has 2 unspecified atom stereocenters. The Kier molecular flexibility index (Phi) is 12.1. The monoisotopic (exact) mass is 732 g/mol.